The van der Waals surface area contributed by atoms with E-state index in [-0.39, 0.29) is 0 Å². The van der Waals surface area contributed by atoms with E-state index in [0.29, 0.717) is 51.1 Å². The highest BCUT2D eigenvalue weighted by Crippen LogP contribution is 2.38. The smallest absolute Gasteiger partial charge is 0.299 e. The van der Waals surface area contributed by atoms with E-state index in [1.807, 2.05) is 6.07 Å². The highest BCUT2D eigenvalue weighted by Gasteiger charge is 2.37. The Morgan fingerprint density at radius 2 is 1.84 bits per heavy atom. The monoisotopic (exact) mass is 505 g/mol. The maximum absolute atomic E-state index is 12.2. The number of hydrogen-bond acceptors (Lipinski definition) is 3. The van der Waals surface area contributed by atoms with Crippen molar-refractivity contribution in [2.45, 2.75) is 6.42 Å². The van der Waals surface area contributed by atoms with Crippen molar-refractivity contribution in [3.05, 3.63) is 54.9 Å². The van der Waals surface area contributed by atoms with E-state index in [1.165, 1.54) is 4.90 Å². The first-order valence-electron chi connectivity index (χ1n) is 7.31. The fourth-order valence-electron chi connectivity index (χ4n) is 2.56. The van der Waals surface area contributed by atoms with E-state index in [9.17, 15) is 9.59 Å². The lowest BCUT2D eigenvalue weighted by atomic mass is 10.1. The molecule has 1 amide bonds. The second-order valence-corrected chi connectivity index (χ2v) is 7.96. The SMILES string of the molecule is O=C1C(=O)N(CCCOc2ccc(Cl)cc2Cl)c2c(Br)cc(Br)cc21. The topological polar surface area (TPSA) is 46.6 Å². The van der Waals surface area contributed by atoms with Crippen molar-refractivity contribution in [2.75, 3.05) is 18.1 Å². The van der Waals surface area contributed by atoms with Crippen LogP contribution in [-0.2, 0) is 4.79 Å². The van der Waals surface area contributed by atoms with Gasteiger partial charge in [0.1, 0.15) is 5.75 Å². The van der Waals surface area contributed by atoms with Gasteiger partial charge in [-0.3, -0.25) is 9.59 Å². The molecule has 0 N–H and O–H groups in total. The molecule has 0 saturated heterocycles. The van der Waals surface area contributed by atoms with Crippen LogP contribution in [0.4, 0.5) is 5.69 Å². The number of carbonyl (C=O) groups is 2. The molecular formula is C17H11Br2Cl2NO3. The summed E-state index contributed by atoms with van der Waals surface area (Å²) in [6, 6.07) is 8.45. The number of nitrogens with zero attached hydrogens (tertiary/aromatic N) is 1. The van der Waals surface area contributed by atoms with Gasteiger partial charge >= 0.3 is 0 Å². The first kappa shape index (κ1) is 18.7. The van der Waals surface area contributed by atoms with Crippen molar-refractivity contribution in [3.8, 4) is 5.75 Å². The van der Waals surface area contributed by atoms with Crippen LogP contribution in [-0.4, -0.2) is 24.8 Å². The summed E-state index contributed by atoms with van der Waals surface area (Å²) < 4.78 is 7.05. The summed E-state index contributed by atoms with van der Waals surface area (Å²) in [4.78, 5) is 25.9. The molecule has 0 radical (unpaired) electrons. The average Bonchev–Trinajstić information content (AvgIpc) is 2.78. The van der Waals surface area contributed by atoms with E-state index >= 15 is 0 Å². The van der Waals surface area contributed by atoms with Gasteiger partial charge in [-0.1, -0.05) is 39.1 Å². The molecule has 0 spiro atoms. The molecule has 3 rings (SSSR count). The number of benzene rings is 2. The highest BCUT2D eigenvalue weighted by molar-refractivity contribution is 9.11. The molecule has 1 aliphatic heterocycles. The predicted molar refractivity (Wildman–Crippen MR) is 105 cm³/mol. The highest BCUT2D eigenvalue weighted by atomic mass is 79.9. The maximum Gasteiger partial charge on any atom is 0.299 e. The third-order valence-corrected chi connectivity index (χ3v) is 5.25. The Morgan fingerprint density at radius 3 is 2.56 bits per heavy atom. The van der Waals surface area contributed by atoms with Crippen molar-refractivity contribution in [1.82, 2.24) is 0 Å². The molecular weight excluding hydrogens is 497 g/mol. The summed E-state index contributed by atoms with van der Waals surface area (Å²) in [5.41, 5.74) is 0.996. The number of carbonyl (C=O) groups excluding carboxylic acids is 2. The van der Waals surface area contributed by atoms with Crippen LogP contribution < -0.4 is 9.64 Å². The Balaban J connectivity index is 1.66. The molecule has 1 heterocycles. The van der Waals surface area contributed by atoms with Gasteiger partial charge in [0.25, 0.3) is 11.7 Å². The van der Waals surface area contributed by atoms with Crippen molar-refractivity contribution in [2.24, 2.45) is 0 Å². The van der Waals surface area contributed by atoms with Crippen LogP contribution >= 0.6 is 55.1 Å². The van der Waals surface area contributed by atoms with E-state index in [0.717, 1.165) is 4.47 Å². The molecule has 2 aromatic carbocycles. The van der Waals surface area contributed by atoms with Gasteiger partial charge in [-0.2, -0.15) is 0 Å². The third-order valence-electron chi connectivity index (χ3n) is 3.66. The molecule has 0 saturated carbocycles. The predicted octanol–water partition coefficient (Wildman–Crippen LogP) is 5.52. The Morgan fingerprint density at radius 1 is 1.08 bits per heavy atom. The number of rotatable bonds is 5. The van der Waals surface area contributed by atoms with Crippen molar-refractivity contribution >= 4 is 72.4 Å². The van der Waals surface area contributed by atoms with Crippen molar-refractivity contribution in [3.63, 3.8) is 0 Å². The normalized spacial score (nSPS) is 13.4. The first-order valence-corrected chi connectivity index (χ1v) is 9.66. The van der Waals surface area contributed by atoms with Gasteiger partial charge in [-0.05, 0) is 52.7 Å². The van der Waals surface area contributed by atoms with Crippen LogP contribution in [0.5, 0.6) is 5.75 Å². The third kappa shape index (κ3) is 3.87. The summed E-state index contributed by atoms with van der Waals surface area (Å²) in [5.74, 6) is -0.502. The summed E-state index contributed by atoms with van der Waals surface area (Å²) in [6.45, 7) is 0.714. The summed E-state index contributed by atoms with van der Waals surface area (Å²) in [5, 5.41) is 0.962. The molecule has 0 fully saturated rings. The number of amides is 1. The minimum atomic E-state index is -0.529. The molecule has 1 aliphatic rings. The lowest BCUT2D eigenvalue weighted by molar-refractivity contribution is -0.114. The minimum absolute atomic E-state index is 0.350. The fourth-order valence-corrected chi connectivity index (χ4v) is 4.47. The molecule has 4 nitrogen and oxygen atoms in total. The molecule has 25 heavy (non-hydrogen) atoms. The van der Waals surface area contributed by atoms with E-state index in [1.54, 1.807) is 24.3 Å². The van der Waals surface area contributed by atoms with Gasteiger partial charge < -0.3 is 9.64 Å². The zero-order chi connectivity index (χ0) is 18.1. The largest absolute Gasteiger partial charge is 0.492 e. The Kier molecular flexibility index (Phi) is 5.73. The summed E-state index contributed by atoms with van der Waals surface area (Å²) in [7, 11) is 0. The van der Waals surface area contributed by atoms with Crippen LogP contribution in [0.3, 0.4) is 0 Å². The van der Waals surface area contributed by atoms with Crippen LogP contribution in [0.1, 0.15) is 16.8 Å². The van der Waals surface area contributed by atoms with Gasteiger partial charge in [0.2, 0.25) is 0 Å². The fraction of sp³-hybridized carbons (Fsp3) is 0.176. The van der Waals surface area contributed by atoms with Crippen LogP contribution in [0.25, 0.3) is 0 Å². The molecule has 0 aliphatic carbocycles. The number of ether oxygens (including phenoxy) is 1. The number of hydrogen-bond donors (Lipinski definition) is 0. The van der Waals surface area contributed by atoms with E-state index in [4.69, 9.17) is 27.9 Å². The van der Waals surface area contributed by atoms with Crippen LogP contribution in [0, 0.1) is 0 Å². The number of anilines is 1. The van der Waals surface area contributed by atoms with Gasteiger partial charge in [0.15, 0.2) is 0 Å². The lowest BCUT2D eigenvalue weighted by Gasteiger charge is -2.18. The van der Waals surface area contributed by atoms with Gasteiger partial charge in [0.05, 0.1) is 22.9 Å². The van der Waals surface area contributed by atoms with Crippen LogP contribution in [0.15, 0.2) is 39.3 Å². The van der Waals surface area contributed by atoms with Crippen molar-refractivity contribution in [1.29, 1.82) is 0 Å². The number of halogens is 4. The maximum atomic E-state index is 12.2. The van der Waals surface area contributed by atoms with E-state index in [2.05, 4.69) is 31.9 Å². The lowest BCUT2D eigenvalue weighted by Crippen LogP contribution is -2.31. The number of ketones is 1. The standard InChI is InChI=1S/C17H11Br2Cl2NO3/c18-9-6-11-15(12(19)7-9)22(17(24)16(11)23)4-1-5-25-14-3-2-10(20)8-13(14)21/h2-3,6-8H,1,4-5H2. The summed E-state index contributed by atoms with van der Waals surface area (Å²) >= 11 is 18.6. The van der Waals surface area contributed by atoms with Gasteiger partial charge in [0, 0.05) is 20.5 Å². The Hall–Kier alpha value is -1.08. The van der Waals surface area contributed by atoms with E-state index < -0.39 is 11.7 Å². The molecule has 8 heteroatoms. The second kappa shape index (κ2) is 7.66. The quantitative estimate of drug-likeness (QED) is 0.395. The second-order valence-electron chi connectivity index (χ2n) is 5.35. The average molecular weight is 508 g/mol. The Labute approximate surface area is 171 Å². The van der Waals surface area contributed by atoms with Crippen molar-refractivity contribution < 1.29 is 14.3 Å². The van der Waals surface area contributed by atoms with Crippen LogP contribution in [0.2, 0.25) is 10.0 Å². The molecule has 0 unspecified atom stereocenters. The Bertz CT molecular complexity index is 873. The first-order chi connectivity index (χ1) is 11.9. The molecule has 2 aromatic rings. The zero-order valence-corrected chi connectivity index (χ0v) is 17.4. The molecule has 0 aromatic heterocycles. The number of Topliss-reactive ketones (excluding diaryl/α,β-unsaturated/α-hetero) is 1. The van der Waals surface area contributed by atoms with Gasteiger partial charge in [-0.25, -0.2) is 0 Å². The molecule has 0 atom stereocenters. The molecule has 130 valence electrons. The van der Waals surface area contributed by atoms with Gasteiger partial charge in [-0.15, -0.1) is 0 Å². The minimum Gasteiger partial charge on any atom is -0.492 e. The zero-order valence-electron chi connectivity index (χ0n) is 12.7. The number of fused-ring (bicyclic) bond motifs is 1. The summed E-state index contributed by atoms with van der Waals surface area (Å²) in [6.07, 6.45) is 0.542. The molecule has 0 bridgehead atoms.